The van der Waals surface area contributed by atoms with Crippen LogP contribution < -0.4 is 15.4 Å². The van der Waals surface area contributed by atoms with E-state index in [1.165, 1.54) is 12.1 Å². The lowest BCUT2D eigenvalue weighted by Crippen LogP contribution is -2.37. The maximum Gasteiger partial charge on any atom is 0.319 e. The molecule has 1 unspecified atom stereocenters. The number of benzene rings is 2. The molecular weight excluding hydrogens is 389 g/mol. The van der Waals surface area contributed by atoms with Gasteiger partial charge in [0.05, 0.1) is 18.8 Å². The first-order chi connectivity index (χ1) is 11.9. The molecule has 0 fully saturated rings. The van der Waals surface area contributed by atoms with Gasteiger partial charge in [0.25, 0.3) is 0 Å². The zero-order chi connectivity index (χ0) is 18.4. The summed E-state index contributed by atoms with van der Waals surface area (Å²) in [6.07, 6.45) is 0. The summed E-state index contributed by atoms with van der Waals surface area (Å²) in [5, 5.41) is 5.30. The van der Waals surface area contributed by atoms with Gasteiger partial charge in [0.1, 0.15) is 11.6 Å². The largest absolute Gasteiger partial charge is 0.497 e. The second kappa shape index (κ2) is 8.82. The van der Waals surface area contributed by atoms with E-state index in [2.05, 4.69) is 26.6 Å². The van der Waals surface area contributed by atoms with Crippen molar-refractivity contribution in [3.63, 3.8) is 0 Å². The summed E-state index contributed by atoms with van der Waals surface area (Å²) in [5.41, 5.74) is 1.14. The molecule has 2 aromatic carbocycles. The van der Waals surface area contributed by atoms with Crippen molar-refractivity contribution in [3.8, 4) is 5.75 Å². The molecule has 134 valence electrons. The summed E-state index contributed by atoms with van der Waals surface area (Å²) in [7, 11) is 5.47. The highest BCUT2D eigenvalue weighted by Gasteiger charge is 2.16. The Morgan fingerprint density at radius 1 is 1.28 bits per heavy atom. The van der Waals surface area contributed by atoms with Crippen molar-refractivity contribution in [2.45, 2.75) is 6.04 Å². The van der Waals surface area contributed by atoms with E-state index in [0.29, 0.717) is 11.0 Å². The molecule has 0 saturated heterocycles. The van der Waals surface area contributed by atoms with Crippen LogP contribution >= 0.6 is 15.9 Å². The summed E-state index contributed by atoms with van der Waals surface area (Å²) in [5.74, 6) is 0.257. The van der Waals surface area contributed by atoms with Gasteiger partial charge in [0.2, 0.25) is 0 Å². The Morgan fingerprint density at radius 2 is 2.04 bits per heavy atom. The zero-order valence-corrected chi connectivity index (χ0v) is 15.9. The molecule has 0 bridgehead atoms. The number of carbonyl (C=O) groups excluding carboxylic acids is 1. The van der Waals surface area contributed by atoms with Crippen LogP contribution in [0.3, 0.4) is 0 Å². The molecule has 0 aliphatic rings. The monoisotopic (exact) mass is 409 g/mol. The molecular formula is C18H21BrFN3O2. The lowest BCUT2D eigenvalue weighted by atomic mass is 10.1. The Kier molecular flexibility index (Phi) is 6.78. The first-order valence-corrected chi connectivity index (χ1v) is 8.50. The highest BCUT2D eigenvalue weighted by atomic mass is 79.9. The molecule has 5 nitrogen and oxygen atoms in total. The molecule has 2 amide bonds. The summed E-state index contributed by atoms with van der Waals surface area (Å²) >= 11 is 3.18. The Hall–Kier alpha value is -2.12. The maximum absolute atomic E-state index is 13.8. The van der Waals surface area contributed by atoms with Crippen LogP contribution in [0.2, 0.25) is 0 Å². The van der Waals surface area contributed by atoms with Crippen molar-refractivity contribution in [2.75, 3.05) is 33.1 Å². The first kappa shape index (κ1) is 19.2. The lowest BCUT2D eigenvalue weighted by molar-refractivity contribution is 0.243. The van der Waals surface area contributed by atoms with Crippen molar-refractivity contribution < 1.29 is 13.9 Å². The molecule has 1 atom stereocenters. The number of amides is 2. The van der Waals surface area contributed by atoms with Crippen LogP contribution in [0, 0.1) is 5.82 Å². The van der Waals surface area contributed by atoms with Crippen molar-refractivity contribution in [3.05, 3.63) is 58.3 Å². The molecule has 2 rings (SSSR count). The average Bonchev–Trinajstić information content (AvgIpc) is 2.57. The topological polar surface area (TPSA) is 53.6 Å². The predicted octanol–water partition coefficient (Wildman–Crippen LogP) is 4.02. The average molecular weight is 410 g/mol. The molecule has 0 spiro atoms. The van der Waals surface area contributed by atoms with Gasteiger partial charge >= 0.3 is 6.03 Å². The fourth-order valence-electron chi connectivity index (χ4n) is 2.39. The second-order valence-corrected chi connectivity index (χ2v) is 6.63. The quantitative estimate of drug-likeness (QED) is 0.757. The Balaban J connectivity index is 2.01. The second-order valence-electron chi connectivity index (χ2n) is 5.72. The highest BCUT2D eigenvalue weighted by molar-refractivity contribution is 9.10. The van der Waals surface area contributed by atoms with E-state index in [0.717, 1.165) is 11.3 Å². The van der Waals surface area contributed by atoms with Gasteiger partial charge in [-0.2, -0.15) is 0 Å². The number of hydrogen-bond donors (Lipinski definition) is 2. The van der Waals surface area contributed by atoms with Gasteiger partial charge < -0.3 is 20.3 Å². The number of carbonyl (C=O) groups is 1. The van der Waals surface area contributed by atoms with E-state index in [-0.39, 0.29) is 11.7 Å². The van der Waals surface area contributed by atoms with Gasteiger partial charge in [-0.05, 0) is 50.0 Å². The number of ether oxygens (including phenoxy) is 1. The molecule has 2 N–H and O–H groups in total. The van der Waals surface area contributed by atoms with Crippen LogP contribution in [0.15, 0.2) is 46.9 Å². The van der Waals surface area contributed by atoms with Gasteiger partial charge in [0.15, 0.2) is 0 Å². The van der Waals surface area contributed by atoms with E-state index in [1.807, 2.05) is 43.3 Å². The Labute approximate surface area is 155 Å². The zero-order valence-electron chi connectivity index (χ0n) is 14.3. The van der Waals surface area contributed by atoms with E-state index < -0.39 is 11.8 Å². The lowest BCUT2D eigenvalue weighted by Gasteiger charge is -2.25. The van der Waals surface area contributed by atoms with Crippen LogP contribution in [-0.4, -0.2) is 38.7 Å². The van der Waals surface area contributed by atoms with Crippen LogP contribution in [0.1, 0.15) is 11.6 Å². The summed E-state index contributed by atoms with van der Waals surface area (Å²) < 4.78 is 19.7. The third-order valence-corrected chi connectivity index (χ3v) is 4.23. The normalized spacial score (nSPS) is 11.9. The Bertz CT molecular complexity index is 740. The molecule has 7 heteroatoms. The fourth-order valence-corrected chi connectivity index (χ4v) is 2.73. The number of anilines is 1. The number of hydrogen-bond acceptors (Lipinski definition) is 3. The van der Waals surface area contributed by atoms with Crippen LogP contribution in [0.25, 0.3) is 0 Å². The molecule has 2 aromatic rings. The number of nitrogens with zero attached hydrogens (tertiary/aromatic N) is 1. The smallest absolute Gasteiger partial charge is 0.319 e. The maximum atomic E-state index is 13.8. The molecule has 0 radical (unpaired) electrons. The number of likely N-dealkylation sites (N-methyl/N-ethyl adjacent to an activating group) is 1. The fraction of sp³-hybridized carbons (Fsp3) is 0.278. The molecule has 0 aliphatic carbocycles. The minimum atomic E-state index is -0.499. The van der Waals surface area contributed by atoms with E-state index in [1.54, 1.807) is 13.2 Å². The van der Waals surface area contributed by atoms with Gasteiger partial charge in [-0.25, -0.2) is 9.18 Å². The first-order valence-electron chi connectivity index (χ1n) is 7.71. The molecule has 25 heavy (non-hydrogen) atoms. The molecule has 0 aromatic heterocycles. The number of rotatable bonds is 6. The third-order valence-electron chi connectivity index (χ3n) is 3.74. The van der Waals surface area contributed by atoms with E-state index in [9.17, 15) is 9.18 Å². The molecule has 0 heterocycles. The standard InChI is InChI=1S/C18H21BrFN3O2/c1-23(2)17(12-5-4-6-14(9-12)25-3)11-21-18(24)22-16-8-7-13(19)10-15(16)20/h4-10,17H,11H2,1-3H3,(H2,21,22,24). The number of nitrogens with one attached hydrogen (secondary N) is 2. The van der Waals surface area contributed by atoms with Gasteiger partial charge in [-0.15, -0.1) is 0 Å². The van der Waals surface area contributed by atoms with Crippen LogP contribution in [0.4, 0.5) is 14.9 Å². The third kappa shape index (κ3) is 5.44. The SMILES string of the molecule is COc1cccc(C(CNC(=O)Nc2ccc(Br)cc2F)N(C)C)c1. The number of urea groups is 1. The number of halogens is 2. The van der Waals surface area contributed by atoms with Gasteiger partial charge in [0, 0.05) is 11.0 Å². The van der Waals surface area contributed by atoms with Gasteiger partial charge in [-0.3, -0.25) is 0 Å². The predicted molar refractivity (Wildman–Crippen MR) is 101 cm³/mol. The van der Waals surface area contributed by atoms with Crippen molar-refractivity contribution in [1.29, 1.82) is 0 Å². The summed E-state index contributed by atoms with van der Waals surface area (Å²) in [6.45, 7) is 0.365. The van der Waals surface area contributed by atoms with Crippen molar-refractivity contribution >= 4 is 27.6 Å². The molecule has 0 aliphatic heterocycles. The number of methoxy groups -OCH3 is 1. The summed E-state index contributed by atoms with van der Waals surface area (Å²) in [6, 6.07) is 11.6. The van der Waals surface area contributed by atoms with Crippen molar-refractivity contribution in [2.24, 2.45) is 0 Å². The Morgan fingerprint density at radius 3 is 2.68 bits per heavy atom. The minimum absolute atomic E-state index is 0.0457. The summed E-state index contributed by atoms with van der Waals surface area (Å²) in [4.78, 5) is 14.1. The molecule has 0 saturated carbocycles. The van der Waals surface area contributed by atoms with Gasteiger partial charge in [-0.1, -0.05) is 28.1 Å². The minimum Gasteiger partial charge on any atom is -0.497 e. The van der Waals surface area contributed by atoms with Crippen LogP contribution in [0.5, 0.6) is 5.75 Å². The van der Waals surface area contributed by atoms with E-state index in [4.69, 9.17) is 4.74 Å². The highest BCUT2D eigenvalue weighted by Crippen LogP contribution is 2.22. The van der Waals surface area contributed by atoms with E-state index >= 15 is 0 Å². The van der Waals surface area contributed by atoms with Crippen LogP contribution in [-0.2, 0) is 0 Å². The van der Waals surface area contributed by atoms with Crippen molar-refractivity contribution in [1.82, 2.24) is 10.2 Å².